The van der Waals surface area contributed by atoms with Crippen molar-refractivity contribution in [2.24, 2.45) is 0 Å². The van der Waals surface area contributed by atoms with E-state index < -0.39 is 6.08 Å². The van der Waals surface area contributed by atoms with E-state index in [9.17, 15) is 8.78 Å². The van der Waals surface area contributed by atoms with Crippen LogP contribution >= 0.6 is 0 Å². The van der Waals surface area contributed by atoms with Gasteiger partial charge in [0.05, 0.1) is 0 Å². The molecule has 0 saturated carbocycles. The summed E-state index contributed by atoms with van der Waals surface area (Å²) < 4.78 is 20.3. The van der Waals surface area contributed by atoms with Crippen LogP contribution in [0, 0.1) is 0 Å². The van der Waals surface area contributed by atoms with Crippen LogP contribution in [0.25, 0.3) is 0 Å². The van der Waals surface area contributed by atoms with Crippen molar-refractivity contribution < 1.29 is 30.6 Å². The summed E-state index contributed by atoms with van der Waals surface area (Å²) in [6.45, 7) is 2.22. The van der Waals surface area contributed by atoms with E-state index >= 15 is 0 Å². The second kappa shape index (κ2) is 8.90. The van der Waals surface area contributed by atoms with Gasteiger partial charge in [-0.15, -0.1) is 0 Å². The first kappa shape index (κ1) is 16.6. The van der Waals surface area contributed by atoms with Crippen LogP contribution in [0.3, 0.4) is 0 Å². The summed E-state index contributed by atoms with van der Waals surface area (Å²) in [5.74, 6) is 0. The Balaban J connectivity index is -0.0000000450. The fraction of sp³-hybridized carbons (Fsp3) is 0. The Hall–Kier alpha value is 0.0495. The van der Waals surface area contributed by atoms with Crippen molar-refractivity contribution >= 4 is 0 Å². The van der Waals surface area contributed by atoms with Crippen molar-refractivity contribution in [1.29, 1.82) is 0 Å². The molecule has 0 unspecified atom stereocenters. The van der Waals surface area contributed by atoms with E-state index in [2.05, 4.69) is 6.58 Å². The molecule has 0 spiro atoms. The Morgan fingerprint density at radius 3 is 1.33 bits per heavy atom. The maximum absolute atomic E-state index is 10.1. The van der Waals surface area contributed by atoms with Crippen molar-refractivity contribution in [2.45, 2.75) is 0 Å². The zero-order valence-corrected chi connectivity index (χ0v) is 3.83. The minimum atomic E-state index is -1.83. The van der Waals surface area contributed by atoms with Crippen LogP contribution < -0.4 is 0 Å². The Kier molecular flexibility index (Phi) is 24.6. The van der Waals surface area contributed by atoms with E-state index in [4.69, 9.17) is 0 Å². The van der Waals surface area contributed by atoms with Gasteiger partial charge in [0.1, 0.15) is 0 Å². The fourth-order valence-electron chi connectivity index (χ4n) is 0. The zero-order valence-electron chi connectivity index (χ0n) is 2.72. The average Bonchev–Trinajstić information content (AvgIpc) is 0.811. The number of rotatable bonds is 0. The fourth-order valence-corrected chi connectivity index (χ4v) is 0. The molecular weight excluding hydrogens is 137 g/mol. The van der Waals surface area contributed by atoms with Crippen LogP contribution in [0.5, 0.6) is 0 Å². The molecule has 0 aromatic carbocycles. The summed E-state index contributed by atoms with van der Waals surface area (Å²) in [6, 6.07) is 0. The van der Waals surface area contributed by atoms with Crippen molar-refractivity contribution in [3.63, 3.8) is 0 Å². The molecule has 0 N–H and O–H groups in total. The molecule has 0 aliphatic carbocycles. The SMILES string of the molecule is C=C(F)F.F.[Fe]. The molecule has 0 bridgehead atoms. The van der Waals surface area contributed by atoms with Crippen LogP contribution in [-0.2, 0) is 17.1 Å². The van der Waals surface area contributed by atoms with Crippen molar-refractivity contribution in [3.05, 3.63) is 12.7 Å². The molecule has 0 saturated heterocycles. The molecule has 0 atom stereocenters. The third-order valence-electron chi connectivity index (χ3n) is 0. The molecule has 0 nitrogen and oxygen atoms in total. The van der Waals surface area contributed by atoms with E-state index in [1.165, 1.54) is 0 Å². The van der Waals surface area contributed by atoms with Gasteiger partial charge < -0.3 is 0 Å². The molecule has 0 fully saturated rings. The summed E-state index contributed by atoms with van der Waals surface area (Å²) in [7, 11) is 0. The molecule has 4 heteroatoms. The van der Waals surface area contributed by atoms with Crippen LogP contribution in [-0.4, -0.2) is 0 Å². The van der Waals surface area contributed by atoms with E-state index in [0.29, 0.717) is 0 Å². The summed E-state index contributed by atoms with van der Waals surface area (Å²) >= 11 is 0. The van der Waals surface area contributed by atoms with Gasteiger partial charge in [-0.25, -0.2) is 0 Å². The molecule has 0 radical (unpaired) electrons. The van der Waals surface area contributed by atoms with Gasteiger partial charge in [0.2, 0.25) is 0 Å². The third kappa shape index (κ3) is 15400. The van der Waals surface area contributed by atoms with E-state index in [-0.39, 0.29) is 21.8 Å². The largest absolute Gasteiger partial charge is 0.269 e. The van der Waals surface area contributed by atoms with Gasteiger partial charge in [-0.1, -0.05) is 0 Å². The molecule has 40 valence electrons. The van der Waals surface area contributed by atoms with Gasteiger partial charge in [0, 0.05) is 17.1 Å². The standard InChI is InChI=1S/C2H2F2.FH.Fe/c1-2(3)4;;/h1H2;1H;. The first-order valence-electron chi connectivity index (χ1n) is 0.732. The minimum Gasteiger partial charge on any atom is -0.269 e. The molecule has 0 amide bonds. The number of hydrogen-bond acceptors (Lipinski definition) is 0. The summed E-state index contributed by atoms with van der Waals surface area (Å²) in [6.07, 6.45) is -1.83. The Labute approximate surface area is 44.1 Å². The molecular formula is C2H3F3Fe. The van der Waals surface area contributed by atoms with E-state index in [1.54, 1.807) is 0 Å². The Bertz CT molecular complexity index is 31.8. The predicted octanol–water partition coefficient (Wildman–Crippen LogP) is 1.55. The quantitative estimate of drug-likeness (QED) is 0.447. The maximum atomic E-state index is 10.1. The van der Waals surface area contributed by atoms with Crippen LogP contribution in [0.4, 0.5) is 13.5 Å². The molecule has 0 rings (SSSR count). The summed E-state index contributed by atoms with van der Waals surface area (Å²) in [5.41, 5.74) is 0. The predicted molar refractivity (Wildman–Crippen MR) is 13.9 cm³/mol. The summed E-state index contributed by atoms with van der Waals surface area (Å²) in [5, 5.41) is 0. The first-order chi connectivity index (χ1) is 1.73. The van der Waals surface area contributed by atoms with Crippen molar-refractivity contribution in [3.8, 4) is 0 Å². The second-order valence-electron chi connectivity index (χ2n) is 0.339. The monoisotopic (exact) mass is 140 g/mol. The second-order valence-corrected chi connectivity index (χ2v) is 0.339. The smallest absolute Gasteiger partial charge is 0.263 e. The first-order valence-corrected chi connectivity index (χ1v) is 0.732. The van der Waals surface area contributed by atoms with Gasteiger partial charge in [-0.05, 0) is 6.58 Å². The maximum Gasteiger partial charge on any atom is 0.263 e. The van der Waals surface area contributed by atoms with Crippen LogP contribution in [0.15, 0.2) is 12.7 Å². The van der Waals surface area contributed by atoms with Gasteiger partial charge in [0.15, 0.2) is 0 Å². The van der Waals surface area contributed by atoms with Crippen LogP contribution in [0.2, 0.25) is 0 Å². The van der Waals surface area contributed by atoms with E-state index in [1.807, 2.05) is 0 Å². The summed E-state index contributed by atoms with van der Waals surface area (Å²) in [4.78, 5) is 0. The van der Waals surface area contributed by atoms with Gasteiger partial charge >= 0.3 is 0 Å². The normalized spacial score (nSPS) is 4.33. The van der Waals surface area contributed by atoms with Crippen LogP contribution in [0.1, 0.15) is 0 Å². The minimum absolute atomic E-state index is 0. The topological polar surface area (TPSA) is 0 Å². The van der Waals surface area contributed by atoms with Crippen molar-refractivity contribution in [2.75, 3.05) is 0 Å². The van der Waals surface area contributed by atoms with Crippen molar-refractivity contribution in [1.82, 2.24) is 0 Å². The van der Waals surface area contributed by atoms with E-state index in [0.717, 1.165) is 0 Å². The van der Waals surface area contributed by atoms with Gasteiger partial charge in [-0.3, -0.25) is 4.70 Å². The average molecular weight is 140 g/mol. The number of hydrogen-bond donors (Lipinski definition) is 0. The van der Waals surface area contributed by atoms with Gasteiger partial charge in [-0.2, -0.15) is 8.78 Å². The Morgan fingerprint density at radius 1 is 1.33 bits per heavy atom. The molecule has 6 heavy (non-hydrogen) atoms. The third-order valence-corrected chi connectivity index (χ3v) is 0. The number of halogens is 3. The molecule has 0 heterocycles. The van der Waals surface area contributed by atoms with Gasteiger partial charge in [0.25, 0.3) is 6.08 Å². The molecule has 0 aliphatic rings. The Morgan fingerprint density at radius 2 is 1.33 bits per heavy atom. The molecule has 0 aromatic rings. The molecule has 0 aromatic heterocycles. The zero-order chi connectivity index (χ0) is 3.58. The molecule has 0 aliphatic heterocycles.